The number of aromatic nitrogens is 2. The second kappa shape index (κ2) is 8.39. The molecule has 0 aliphatic carbocycles. The van der Waals surface area contributed by atoms with E-state index in [1.54, 1.807) is 0 Å². The lowest BCUT2D eigenvalue weighted by molar-refractivity contribution is -0.384. The van der Waals surface area contributed by atoms with Gasteiger partial charge in [0.15, 0.2) is 0 Å². The molecule has 7 nitrogen and oxygen atoms in total. The number of nitrogens with one attached hydrogen (secondary N) is 1. The molecule has 0 saturated heterocycles. The lowest BCUT2D eigenvalue weighted by Crippen LogP contribution is -2.30. The summed E-state index contributed by atoms with van der Waals surface area (Å²) in [6, 6.07) is 0. The average Bonchev–Trinajstić information content (AvgIpc) is 2.48. The molecule has 0 bridgehead atoms. The molecule has 0 fully saturated rings. The molecule has 1 aromatic heterocycles. The quantitative estimate of drug-likeness (QED) is 0.556. The van der Waals surface area contributed by atoms with Crippen LogP contribution in [0.25, 0.3) is 0 Å². The SMILES string of the molecule is CCNc1ncc([N+](=O)[O-])c(N(CC)CC(CC)CC)n1. The Labute approximate surface area is 125 Å². The molecule has 0 aliphatic heterocycles. The molecule has 21 heavy (non-hydrogen) atoms. The molecular weight excluding hydrogens is 270 g/mol. The van der Waals surface area contributed by atoms with Crippen LogP contribution in [0.15, 0.2) is 6.20 Å². The molecule has 0 aliphatic rings. The second-order valence-electron chi connectivity index (χ2n) is 4.91. The fraction of sp³-hybridized carbons (Fsp3) is 0.714. The average molecular weight is 295 g/mol. The van der Waals surface area contributed by atoms with Crippen LogP contribution in [0, 0.1) is 16.0 Å². The van der Waals surface area contributed by atoms with Gasteiger partial charge in [0.25, 0.3) is 0 Å². The van der Waals surface area contributed by atoms with Crippen molar-refractivity contribution < 1.29 is 4.92 Å². The van der Waals surface area contributed by atoms with Crippen molar-refractivity contribution in [1.82, 2.24) is 9.97 Å². The summed E-state index contributed by atoms with van der Waals surface area (Å²) in [4.78, 5) is 21.1. The number of nitro groups is 1. The van der Waals surface area contributed by atoms with Crippen molar-refractivity contribution in [3.8, 4) is 0 Å². The summed E-state index contributed by atoms with van der Waals surface area (Å²) >= 11 is 0. The summed E-state index contributed by atoms with van der Waals surface area (Å²) in [5.41, 5.74) is -0.0375. The molecule has 7 heteroatoms. The first-order valence-electron chi connectivity index (χ1n) is 7.57. The summed E-state index contributed by atoms with van der Waals surface area (Å²) < 4.78 is 0. The van der Waals surface area contributed by atoms with Crippen LogP contribution >= 0.6 is 0 Å². The van der Waals surface area contributed by atoms with Crippen molar-refractivity contribution in [2.45, 2.75) is 40.5 Å². The van der Waals surface area contributed by atoms with Gasteiger partial charge >= 0.3 is 5.69 Å². The van der Waals surface area contributed by atoms with Crippen molar-refractivity contribution in [2.75, 3.05) is 29.9 Å². The minimum Gasteiger partial charge on any atom is -0.354 e. The van der Waals surface area contributed by atoms with Crippen LogP contribution in [0.1, 0.15) is 40.5 Å². The number of nitrogens with zero attached hydrogens (tertiary/aromatic N) is 4. The summed E-state index contributed by atoms with van der Waals surface area (Å²) in [7, 11) is 0. The summed E-state index contributed by atoms with van der Waals surface area (Å²) in [6.07, 6.45) is 3.38. The third-order valence-electron chi connectivity index (χ3n) is 3.60. The first kappa shape index (κ1) is 17.1. The zero-order valence-corrected chi connectivity index (χ0v) is 13.3. The van der Waals surface area contributed by atoms with Gasteiger partial charge in [0.2, 0.25) is 11.8 Å². The molecule has 0 aromatic carbocycles. The van der Waals surface area contributed by atoms with E-state index in [4.69, 9.17) is 0 Å². The molecule has 1 aromatic rings. The molecule has 1 rings (SSSR count). The fourth-order valence-corrected chi connectivity index (χ4v) is 2.20. The first-order valence-corrected chi connectivity index (χ1v) is 7.57. The molecular formula is C14H25N5O2. The normalized spacial score (nSPS) is 10.7. The highest BCUT2D eigenvalue weighted by molar-refractivity contribution is 5.58. The Hall–Kier alpha value is -1.92. The van der Waals surface area contributed by atoms with Crippen LogP contribution in [0.5, 0.6) is 0 Å². The third kappa shape index (κ3) is 4.54. The Morgan fingerprint density at radius 3 is 2.48 bits per heavy atom. The van der Waals surface area contributed by atoms with Crippen molar-refractivity contribution in [3.05, 3.63) is 16.3 Å². The maximum absolute atomic E-state index is 11.2. The zero-order chi connectivity index (χ0) is 15.8. The van der Waals surface area contributed by atoms with Gasteiger partial charge < -0.3 is 10.2 Å². The van der Waals surface area contributed by atoms with Gasteiger partial charge in [-0.2, -0.15) is 4.98 Å². The lowest BCUT2D eigenvalue weighted by Gasteiger charge is -2.26. The highest BCUT2D eigenvalue weighted by Gasteiger charge is 2.23. The largest absolute Gasteiger partial charge is 0.354 e. The van der Waals surface area contributed by atoms with E-state index >= 15 is 0 Å². The van der Waals surface area contributed by atoms with E-state index in [0.29, 0.717) is 30.8 Å². The van der Waals surface area contributed by atoms with Gasteiger partial charge in [-0.3, -0.25) is 10.1 Å². The molecule has 0 unspecified atom stereocenters. The van der Waals surface area contributed by atoms with Crippen molar-refractivity contribution >= 4 is 17.5 Å². The van der Waals surface area contributed by atoms with E-state index in [0.717, 1.165) is 19.4 Å². The Morgan fingerprint density at radius 2 is 2.00 bits per heavy atom. The Bertz CT molecular complexity index is 463. The van der Waals surface area contributed by atoms with Gasteiger partial charge in [0, 0.05) is 19.6 Å². The lowest BCUT2D eigenvalue weighted by atomic mass is 10.0. The zero-order valence-electron chi connectivity index (χ0n) is 13.3. The van der Waals surface area contributed by atoms with Crippen molar-refractivity contribution in [1.29, 1.82) is 0 Å². The molecule has 0 saturated carbocycles. The summed E-state index contributed by atoms with van der Waals surface area (Å²) in [5.74, 6) is 1.34. The van der Waals surface area contributed by atoms with E-state index < -0.39 is 4.92 Å². The van der Waals surface area contributed by atoms with Gasteiger partial charge in [0.1, 0.15) is 6.20 Å². The maximum Gasteiger partial charge on any atom is 0.329 e. The van der Waals surface area contributed by atoms with Crippen LogP contribution in [0.4, 0.5) is 17.5 Å². The number of anilines is 2. The minimum absolute atomic E-state index is 0.0375. The van der Waals surface area contributed by atoms with Crippen molar-refractivity contribution in [2.24, 2.45) is 5.92 Å². The van der Waals surface area contributed by atoms with Gasteiger partial charge in [-0.05, 0) is 19.8 Å². The highest BCUT2D eigenvalue weighted by atomic mass is 16.6. The van der Waals surface area contributed by atoms with Crippen LogP contribution < -0.4 is 10.2 Å². The number of hydrogen-bond donors (Lipinski definition) is 1. The minimum atomic E-state index is -0.416. The standard InChI is InChI=1S/C14H25N5O2/c1-5-11(6-2)10-18(8-4)13-12(19(20)21)9-16-14(17-13)15-7-3/h9,11H,5-8,10H2,1-4H3,(H,15,16,17). The number of rotatable bonds is 9. The topological polar surface area (TPSA) is 84.2 Å². The first-order chi connectivity index (χ1) is 10.1. The predicted octanol–water partition coefficient (Wildman–Crippen LogP) is 3.08. The fourth-order valence-electron chi connectivity index (χ4n) is 2.20. The molecule has 0 amide bonds. The summed E-state index contributed by atoms with van der Waals surface area (Å²) in [6.45, 7) is 10.3. The molecule has 0 spiro atoms. The van der Waals surface area contributed by atoms with Gasteiger partial charge in [0.05, 0.1) is 4.92 Å². The smallest absolute Gasteiger partial charge is 0.329 e. The van der Waals surface area contributed by atoms with Gasteiger partial charge in [-0.15, -0.1) is 0 Å². The van der Waals surface area contributed by atoms with Crippen LogP contribution in [0.2, 0.25) is 0 Å². The Balaban J connectivity index is 3.14. The summed E-state index contributed by atoms with van der Waals surface area (Å²) in [5, 5.41) is 14.2. The maximum atomic E-state index is 11.2. The van der Waals surface area contributed by atoms with E-state index in [1.165, 1.54) is 6.20 Å². The van der Waals surface area contributed by atoms with Crippen LogP contribution in [-0.2, 0) is 0 Å². The number of hydrogen-bond acceptors (Lipinski definition) is 6. The molecule has 1 heterocycles. The van der Waals surface area contributed by atoms with E-state index in [-0.39, 0.29) is 5.69 Å². The van der Waals surface area contributed by atoms with Crippen LogP contribution in [0.3, 0.4) is 0 Å². The Morgan fingerprint density at radius 1 is 1.33 bits per heavy atom. The molecule has 1 N–H and O–H groups in total. The highest BCUT2D eigenvalue weighted by Crippen LogP contribution is 2.27. The third-order valence-corrected chi connectivity index (χ3v) is 3.60. The molecule has 0 radical (unpaired) electrons. The van der Waals surface area contributed by atoms with E-state index in [9.17, 15) is 10.1 Å². The van der Waals surface area contributed by atoms with E-state index in [2.05, 4.69) is 29.1 Å². The van der Waals surface area contributed by atoms with Crippen molar-refractivity contribution in [3.63, 3.8) is 0 Å². The van der Waals surface area contributed by atoms with Gasteiger partial charge in [-0.1, -0.05) is 26.7 Å². The predicted molar refractivity (Wildman–Crippen MR) is 84.8 cm³/mol. The molecule has 118 valence electrons. The second-order valence-corrected chi connectivity index (χ2v) is 4.91. The molecule has 0 atom stereocenters. The van der Waals surface area contributed by atoms with Gasteiger partial charge in [-0.25, -0.2) is 4.98 Å². The van der Waals surface area contributed by atoms with E-state index in [1.807, 2.05) is 18.7 Å². The Kier molecular flexibility index (Phi) is 6.84. The van der Waals surface area contributed by atoms with Crippen LogP contribution in [-0.4, -0.2) is 34.5 Å². The monoisotopic (exact) mass is 295 g/mol.